The van der Waals surface area contributed by atoms with E-state index in [0.717, 1.165) is 38.5 Å². The third-order valence-electron chi connectivity index (χ3n) is 19.9. The Morgan fingerprint density at radius 3 is 1.92 bits per heavy atom. The van der Waals surface area contributed by atoms with E-state index in [1.165, 1.54) is 0 Å². The van der Waals surface area contributed by atoms with Crippen molar-refractivity contribution >= 4 is 5.78 Å². The Labute approximate surface area is 423 Å². The average molecular weight is 1050 g/mol. The number of carbonyl (C=O) groups excluding carboxylic acids is 1. The van der Waals surface area contributed by atoms with E-state index in [1.807, 2.05) is 0 Å². The number of carbonyl (C=O) groups is 1. The maximum atomic E-state index is 14.7. The molecule has 0 aromatic rings. The molecule has 6 aliphatic heterocycles. The summed E-state index contributed by atoms with van der Waals surface area (Å²) in [6.07, 6.45) is -26.6. The highest BCUT2D eigenvalue weighted by Gasteiger charge is 2.72. The first-order valence-electron chi connectivity index (χ1n) is 26.7. The van der Waals surface area contributed by atoms with Crippen molar-refractivity contribution < 1.29 is 113 Å². The third-order valence-corrected chi connectivity index (χ3v) is 19.9. The highest BCUT2D eigenvalue weighted by atomic mass is 16.8. The van der Waals surface area contributed by atoms with Crippen LogP contribution in [0.4, 0.5) is 0 Å². The molecule has 23 nitrogen and oxygen atoms in total. The molecule has 31 atom stereocenters. The number of ether oxygens (including phenoxy) is 10. The van der Waals surface area contributed by atoms with Crippen LogP contribution < -0.4 is 0 Å². The Bertz CT molecular complexity index is 1910. The number of aliphatic hydroxyl groups is 12. The van der Waals surface area contributed by atoms with Gasteiger partial charge in [0.05, 0.1) is 45.2 Å². The number of ketones is 1. The Kier molecular flexibility index (Phi) is 15.9. The van der Waals surface area contributed by atoms with E-state index < -0.39 is 160 Å². The van der Waals surface area contributed by atoms with Crippen molar-refractivity contribution in [2.24, 2.45) is 52.3 Å². The molecule has 4 aliphatic carbocycles. The molecule has 0 radical (unpaired) electrons. The molecule has 10 fully saturated rings. The average Bonchev–Trinajstić information content (AvgIpc) is 3.83. The summed E-state index contributed by atoms with van der Waals surface area (Å²) in [4.78, 5) is 14.7. The lowest BCUT2D eigenvalue weighted by Gasteiger charge is -2.60. The van der Waals surface area contributed by atoms with Gasteiger partial charge in [0.15, 0.2) is 30.9 Å². The summed E-state index contributed by atoms with van der Waals surface area (Å²) in [6, 6.07) is 0. The molecule has 0 bridgehead atoms. The number of Topliss-reactive ketones (excluding diaryl/α,β-unsaturated/α-hetero) is 1. The monoisotopic (exact) mass is 1050 g/mol. The summed E-state index contributed by atoms with van der Waals surface area (Å²) in [5, 5.41) is 129. The van der Waals surface area contributed by atoms with E-state index in [1.54, 1.807) is 0 Å². The molecular weight excluding hydrogens is 969 g/mol. The molecule has 10 aliphatic rings. The summed E-state index contributed by atoms with van der Waals surface area (Å²) < 4.78 is 61.1. The molecule has 0 aromatic heterocycles. The molecule has 6 saturated heterocycles. The number of hydrogen-bond acceptors (Lipinski definition) is 23. The molecule has 6 heterocycles. The molecule has 73 heavy (non-hydrogen) atoms. The fourth-order valence-electron chi connectivity index (χ4n) is 15.6. The summed E-state index contributed by atoms with van der Waals surface area (Å²) in [5.74, 6) is 1.40. The highest BCUT2D eigenvalue weighted by molar-refractivity contribution is 5.87. The van der Waals surface area contributed by atoms with Gasteiger partial charge in [0, 0.05) is 30.1 Å². The van der Waals surface area contributed by atoms with Gasteiger partial charge in [-0.25, -0.2) is 0 Å². The smallest absolute Gasteiger partial charge is 0.187 e. The lowest BCUT2D eigenvalue weighted by Crippen LogP contribution is -2.68. The predicted octanol–water partition coefficient (Wildman–Crippen LogP) is -3.09. The van der Waals surface area contributed by atoms with Crippen molar-refractivity contribution in [1.82, 2.24) is 0 Å². The van der Waals surface area contributed by atoms with Gasteiger partial charge >= 0.3 is 0 Å². The van der Waals surface area contributed by atoms with Gasteiger partial charge in [0.2, 0.25) is 0 Å². The Morgan fingerprint density at radius 1 is 0.589 bits per heavy atom. The second-order valence-electron chi connectivity index (χ2n) is 23.7. The molecule has 2 unspecified atom stereocenters. The van der Waals surface area contributed by atoms with E-state index in [0.29, 0.717) is 43.5 Å². The van der Waals surface area contributed by atoms with Crippen LogP contribution in [-0.2, 0) is 52.2 Å². The third kappa shape index (κ3) is 9.30. The van der Waals surface area contributed by atoms with Crippen LogP contribution in [0.15, 0.2) is 0 Å². The van der Waals surface area contributed by atoms with Crippen molar-refractivity contribution in [2.45, 2.75) is 220 Å². The SMILES string of the molecule is C[C@@H]1CC[C@@]2(OC1)O[C@H]1C[C@H]3[C@@H]4CCC5CC(O[C@H]6O[C@H](CO)[C@H](O[C@H]7O[C@H](CO)[C@@H](O)[C@H](O[C@H]8OC[C@@H](O)[C@H](O)[C@H]8O)[C@H]7O[C@H]7O[C@H](CO)[C@@H](O)[C@H](O)[C@H]7O)[C@H](O)[C@H]6O)CC[C@]5(C)[C@H]4CC(=O)[C@]3(C)[C@H]1[C@@H]2C. The molecule has 418 valence electrons. The standard InChI is InChI=1S/C50H80O23/c1-19-7-10-50(65-17-19)20(2)32-27(73-50)12-25-23-6-5-21-11-22(8-9-48(21,3)24(23)13-31(55)49(25,32)4)66-45-40(63)37(60)41(30(16-53)69-45)70-47-43(72-46-39(62)36(59)34(57)28(14-51)67-46)42(35(58)29(15-52)68-47)71-44-38(61)33(56)26(54)18-64-44/h19-30,32-47,51-54,56-63H,5-18H2,1-4H3/t19-,20+,21?,22?,23-,24+,25+,26-,27+,28-,29-,30-,32+,33+,34-,35-,36+,37-,38-,39-,40-,41+,42+,43-,44-,45+,46-,47-,48+,49-,50-/m1/s1. The minimum atomic E-state index is -2.01. The second-order valence-corrected chi connectivity index (χ2v) is 23.7. The zero-order valence-corrected chi connectivity index (χ0v) is 41.9. The van der Waals surface area contributed by atoms with Crippen molar-refractivity contribution in [3.63, 3.8) is 0 Å². The number of hydrogen-bond donors (Lipinski definition) is 12. The lowest BCUT2D eigenvalue weighted by molar-refractivity contribution is -0.404. The van der Waals surface area contributed by atoms with Gasteiger partial charge in [-0.2, -0.15) is 0 Å². The molecule has 23 heteroatoms. The Balaban J connectivity index is 0.820. The van der Waals surface area contributed by atoms with Crippen LogP contribution >= 0.6 is 0 Å². The fraction of sp³-hybridized carbons (Fsp3) is 0.980. The molecule has 0 aromatic carbocycles. The summed E-state index contributed by atoms with van der Waals surface area (Å²) in [5.41, 5.74) is -0.628. The summed E-state index contributed by atoms with van der Waals surface area (Å²) in [7, 11) is 0. The van der Waals surface area contributed by atoms with E-state index in [4.69, 9.17) is 47.4 Å². The Morgan fingerprint density at radius 2 is 1.22 bits per heavy atom. The van der Waals surface area contributed by atoms with Crippen LogP contribution in [0.2, 0.25) is 0 Å². The number of fused-ring (bicyclic) bond motifs is 7. The highest BCUT2D eigenvalue weighted by Crippen LogP contribution is 2.70. The van der Waals surface area contributed by atoms with Crippen molar-refractivity contribution in [1.29, 1.82) is 0 Å². The zero-order chi connectivity index (χ0) is 52.2. The minimum absolute atomic E-state index is 0.0117. The normalized spacial score (nSPS) is 57.2. The Hall–Kier alpha value is -1.21. The topological polar surface area (TPSA) is 352 Å². The fourth-order valence-corrected chi connectivity index (χ4v) is 15.6. The maximum absolute atomic E-state index is 14.7. The van der Waals surface area contributed by atoms with Crippen LogP contribution in [0.25, 0.3) is 0 Å². The summed E-state index contributed by atoms with van der Waals surface area (Å²) >= 11 is 0. The lowest BCUT2D eigenvalue weighted by atomic mass is 9.44. The molecule has 10 rings (SSSR count). The van der Waals surface area contributed by atoms with Crippen LogP contribution in [-0.4, -0.2) is 235 Å². The van der Waals surface area contributed by atoms with Crippen molar-refractivity contribution in [3.05, 3.63) is 0 Å². The first-order valence-corrected chi connectivity index (χ1v) is 26.7. The zero-order valence-electron chi connectivity index (χ0n) is 41.9. The van der Waals surface area contributed by atoms with Gasteiger partial charge in [-0.15, -0.1) is 0 Å². The van der Waals surface area contributed by atoms with Crippen LogP contribution in [0.5, 0.6) is 0 Å². The first-order chi connectivity index (χ1) is 34.7. The van der Waals surface area contributed by atoms with Gasteiger partial charge in [-0.05, 0) is 80.0 Å². The molecule has 4 saturated carbocycles. The van der Waals surface area contributed by atoms with Gasteiger partial charge in [0.1, 0.15) is 97.3 Å². The van der Waals surface area contributed by atoms with Gasteiger partial charge in [-0.3, -0.25) is 4.79 Å². The first kappa shape index (κ1) is 55.1. The van der Waals surface area contributed by atoms with Gasteiger partial charge in [-0.1, -0.05) is 27.7 Å². The van der Waals surface area contributed by atoms with Crippen molar-refractivity contribution in [2.75, 3.05) is 33.0 Å². The largest absolute Gasteiger partial charge is 0.394 e. The van der Waals surface area contributed by atoms with Crippen molar-refractivity contribution in [3.8, 4) is 0 Å². The molecule has 12 N–H and O–H groups in total. The predicted molar refractivity (Wildman–Crippen MR) is 243 cm³/mol. The van der Waals surface area contributed by atoms with Crippen LogP contribution in [0.1, 0.15) is 85.5 Å². The molecule has 1 spiro atoms. The van der Waals surface area contributed by atoms with Gasteiger partial charge in [0.25, 0.3) is 0 Å². The molecule has 0 amide bonds. The van der Waals surface area contributed by atoms with E-state index >= 15 is 0 Å². The van der Waals surface area contributed by atoms with E-state index in [9.17, 15) is 66.1 Å². The van der Waals surface area contributed by atoms with Crippen LogP contribution in [0.3, 0.4) is 0 Å². The quantitative estimate of drug-likeness (QED) is 0.0913. The van der Waals surface area contributed by atoms with E-state index in [2.05, 4.69) is 27.7 Å². The summed E-state index contributed by atoms with van der Waals surface area (Å²) in [6.45, 7) is 6.58. The van der Waals surface area contributed by atoms with Crippen LogP contribution in [0, 0.1) is 52.3 Å². The minimum Gasteiger partial charge on any atom is -0.394 e. The van der Waals surface area contributed by atoms with E-state index in [-0.39, 0.29) is 41.1 Å². The number of rotatable bonds is 11. The number of aliphatic hydroxyl groups excluding tert-OH is 12. The maximum Gasteiger partial charge on any atom is 0.187 e. The van der Waals surface area contributed by atoms with Gasteiger partial charge < -0.3 is 109 Å². The second kappa shape index (κ2) is 21.1. The molecular formula is C50H80O23.